The Bertz CT molecular complexity index is 715. The van der Waals surface area contributed by atoms with Crippen LogP contribution in [-0.4, -0.2) is 41.2 Å². The van der Waals surface area contributed by atoms with Gasteiger partial charge < -0.3 is 9.80 Å². The topological polar surface area (TPSA) is 40.6 Å². The molecule has 2 aromatic carbocycles. The molecular formula is C21H24N2O2. The van der Waals surface area contributed by atoms with Crippen molar-refractivity contribution in [3.63, 3.8) is 0 Å². The van der Waals surface area contributed by atoms with Gasteiger partial charge in [0, 0.05) is 33.0 Å². The van der Waals surface area contributed by atoms with Crippen LogP contribution in [0.1, 0.15) is 30.5 Å². The molecule has 3 rings (SSSR count). The molecule has 1 aliphatic rings. The van der Waals surface area contributed by atoms with Gasteiger partial charge in [0.05, 0.1) is 6.04 Å². The molecule has 0 radical (unpaired) electrons. The van der Waals surface area contributed by atoms with Gasteiger partial charge in [-0.3, -0.25) is 9.59 Å². The predicted molar refractivity (Wildman–Crippen MR) is 97.9 cm³/mol. The lowest BCUT2D eigenvalue weighted by molar-refractivity contribution is -0.141. The van der Waals surface area contributed by atoms with Gasteiger partial charge in [0.15, 0.2) is 0 Å². The van der Waals surface area contributed by atoms with E-state index >= 15 is 0 Å². The number of nitrogens with zero attached hydrogens (tertiary/aromatic N) is 2. The zero-order valence-corrected chi connectivity index (χ0v) is 14.6. The number of carbonyl (C=O) groups is 2. The van der Waals surface area contributed by atoms with Crippen molar-refractivity contribution < 1.29 is 9.59 Å². The number of rotatable bonds is 4. The van der Waals surface area contributed by atoms with Crippen LogP contribution >= 0.6 is 0 Å². The summed E-state index contributed by atoms with van der Waals surface area (Å²) in [4.78, 5) is 28.4. The molecule has 0 saturated carbocycles. The Kier molecular flexibility index (Phi) is 5.49. The molecule has 1 fully saturated rings. The van der Waals surface area contributed by atoms with Gasteiger partial charge in [-0.15, -0.1) is 0 Å². The van der Waals surface area contributed by atoms with Crippen LogP contribution in [-0.2, 0) is 16.0 Å². The van der Waals surface area contributed by atoms with Crippen molar-refractivity contribution in [1.29, 1.82) is 0 Å². The average molecular weight is 336 g/mol. The van der Waals surface area contributed by atoms with E-state index in [2.05, 4.69) is 0 Å². The van der Waals surface area contributed by atoms with Gasteiger partial charge in [-0.2, -0.15) is 0 Å². The molecular weight excluding hydrogens is 312 g/mol. The van der Waals surface area contributed by atoms with E-state index in [0.29, 0.717) is 26.1 Å². The normalized spacial score (nSPS) is 17.4. The quantitative estimate of drug-likeness (QED) is 0.861. The van der Waals surface area contributed by atoms with Crippen molar-refractivity contribution in [2.24, 2.45) is 0 Å². The van der Waals surface area contributed by atoms with Crippen molar-refractivity contribution >= 4 is 11.8 Å². The summed E-state index contributed by atoms with van der Waals surface area (Å²) in [7, 11) is 0. The van der Waals surface area contributed by atoms with E-state index in [0.717, 1.165) is 12.0 Å². The molecule has 0 bridgehead atoms. The van der Waals surface area contributed by atoms with Crippen LogP contribution in [0, 0.1) is 0 Å². The fourth-order valence-electron chi connectivity index (χ4n) is 3.40. The summed E-state index contributed by atoms with van der Waals surface area (Å²) in [6.07, 6.45) is 1.26. The van der Waals surface area contributed by atoms with E-state index in [1.54, 1.807) is 6.92 Å². The Morgan fingerprint density at radius 3 is 2.24 bits per heavy atom. The molecule has 4 nitrogen and oxygen atoms in total. The highest BCUT2D eigenvalue weighted by molar-refractivity contribution is 5.78. The SMILES string of the molecule is CC(=O)N1CCN(C(=O)CCc2ccccc2)C[C@H]1c1ccccc1. The zero-order valence-electron chi connectivity index (χ0n) is 14.6. The number of amides is 2. The lowest BCUT2D eigenvalue weighted by Crippen LogP contribution is -2.51. The van der Waals surface area contributed by atoms with Crippen LogP contribution in [0.25, 0.3) is 0 Å². The van der Waals surface area contributed by atoms with Crippen LogP contribution < -0.4 is 0 Å². The smallest absolute Gasteiger partial charge is 0.223 e. The van der Waals surface area contributed by atoms with Gasteiger partial charge in [-0.1, -0.05) is 60.7 Å². The first-order valence-corrected chi connectivity index (χ1v) is 8.79. The first-order chi connectivity index (χ1) is 12.1. The maximum atomic E-state index is 12.6. The molecule has 1 atom stereocenters. The van der Waals surface area contributed by atoms with Crippen molar-refractivity contribution in [3.8, 4) is 0 Å². The van der Waals surface area contributed by atoms with E-state index in [-0.39, 0.29) is 17.9 Å². The minimum Gasteiger partial charge on any atom is -0.338 e. The molecule has 1 saturated heterocycles. The molecule has 1 heterocycles. The van der Waals surface area contributed by atoms with Gasteiger partial charge in [0.2, 0.25) is 11.8 Å². The number of piperazine rings is 1. The van der Waals surface area contributed by atoms with Crippen molar-refractivity contribution in [1.82, 2.24) is 9.80 Å². The first-order valence-electron chi connectivity index (χ1n) is 8.79. The molecule has 1 aliphatic heterocycles. The highest BCUT2D eigenvalue weighted by Gasteiger charge is 2.31. The fourth-order valence-corrected chi connectivity index (χ4v) is 3.40. The summed E-state index contributed by atoms with van der Waals surface area (Å²) in [6.45, 7) is 3.36. The molecule has 25 heavy (non-hydrogen) atoms. The molecule has 4 heteroatoms. The molecule has 130 valence electrons. The van der Waals surface area contributed by atoms with E-state index in [4.69, 9.17) is 0 Å². The van der Waals surface area contributed by atoms with Crippen LogP contribution in [0.4, 0.5) is 0 Å². The average Bonchev–Trinajstić information content (AvgIpc) is 2.67. The molecule has 0 unspecified atom stereocenters. The van der Waals surface area contributed by atoms with Gasteiger partial charge in [0.1, 0.15) is 0 Å². The van der Waals surface area contributed by atoms with Crippen LogP contribution in [0.2, 0.25) is 0 Å². The Hall–Kier alpha value is -2.62. The molecule has 0 aliphatic carbocycles. The van der Waals surface area contributed by atoms with E-state index in [9.17, 15) is 9.59 Å². The Morgan fingerprint density at radius 1 is 0.960 bits per heavy atom. The minimum absolute atomic E-state index is 0.0604. The van der Waals surface area contributed by atoms with Crippen LogP contribution in [0.3, 0.4) is 0 Å². The summed E-state index contributed by atoms with van der Waals surface area (Å²) < 4.78 is 0. The summed E-state index contributed by atoms with van der Waals surface area (Å²) in [6, 6.07) is 20.0. The number of benzene rings is 2. The summed E-state index contributed by atoms with van der Waals surface area (Å²) in [5.41, 5.74) is 2.26. The van der Waals surface area contributed by atoms with Gasteiger partial charge >= 0.3 is 0 Å². The number of aryl methyl sites for hydroxylation is 1. The van der Waals surface area contributed by atoms with Crippen LogP contribution in [0.5, 0.6) is 0 Å². The largest absolute Gasteiger partial charge is 0.338 e. The van der Waals surface area contributed by atoms with E-state index in [1.807, 2.05) is 70.5 Å². The van der Waals surface area contributed by atoms with Crippen molar-refractivity contribution in [3.05, 3.63) is 71.8 Å². The lowest BCUT2D eigenvalue weighted by Gasteiger charge is -2.41. The standard InChI is InChI=1S/C21H24N2O2/c1-17(24)23-15-14-22(16-20(23)19-10-6-3-7-11-19)21(25)13-12-18-8-4-2-5-9-18/h2-11,20H,12-16H2,1H3/t20-/m0/s1. The highest BCUT2D eigenvalue weighted by Crippen LogP contribution is 2.26. The Labute approximate surface area is 149 Å². The van der Waals surface area contributed by atoms with Gasteiger partial charge in [-0.05, 0) is 17.5 Å². The maximum Gasteiger partial charge on any atom is 0.223 e. The lowest BCUT2D eigenvalue weighted by atomic mass is 10.0. The molecule has 2 aromatic rings. The number of hydrogen-bond acceptors (Lipinski definition) is 2. The van der Waals surface area contributed by atoms with E-state index in [1.165, 1.54) is 5.56 Å². The molecule has 0 spiro atoms. The zero-order chi connectivity index (χ0) is 17.6. The van der Waals surface area contributed by atoms with Crippen molar-refractivity contribution in [2.75, 3.05) is 19.6 Å². The molecule has 0 aromatic heterocycles. The summed E-state index contributed by atoms with van der Waals surface area (Å²) in [5, 5.41) is 0. The third kappa shape index (κ3) is 4.27. The Morgan fingerprint density at radius 2 is 1.60 bits per heavy atom. The third-order valence-electron chi connectivity index (χ3n) is 4.79. The molecule has 2 amide bonds. The number of carbonyl (C=O) groups excluding carboxylic acids is 2. The predicted octanol–water partition coefficient (Wildman–Crippen LogP) is 3.05. The monoisotopic (exact) mass is 336 g/mol. The van der Waals surface area contributed by atoms with Gasteiger partial charge in [0.25, 0.3) is 0 Å². The second kappa shape index (κ2) is 7.97. The minimum atomic E-state index is -0.0619. The Balaban J connectivity index is 1.67. The number of hydrogen-bond donors (Lipinski definition) is 0. The highest BCUT2D eigenvalue weighted by atomic mass is 16.2. The van der Waals surface area contributed by atoms with Crippen molar-refractivity contribution in [2.45, 2.75) is 25.8 Å². The summed E-state index contributed by atoms with van der Waals surface area (Å²) in [5.74, 6) is 0.221. The first kappa shape index (κ1) is 17.2. The summed E-state index contributed by atoms with van der Waals surface area (Å²) >= 11 is 0. The van der Waals surface area contributed by atoms with Gasteiger partial charge in [-0.25, -0.2) is 0 Å². The molecule has 0 N–H and O–H groups in total. The fraction of sp³-hybridized carbons (Fsp3) is 0.333. The van der Waals surface area contributed by atoms with Crippen LogP contribution in [0.15, 0.2) is 60.7 Å². The second-order valence-corrected chi connectivity index (χ2v) is 6.46. The van der Waals surface area contributed by atoms with E-state index < -0.39 is 0 Å². The second-order valence-electron chi connectivity index (χ2n) is 6.46. The third-order valence-corrected chi connectivity index (χ3v) is 4.79. The maximum absolute atomic E-state index is 12.6.